The topological polar surface area (TPSA) is 37.3 Å². The Labute approximate surface area is 118 Å². The highest BCUT2D eigenvalue weighted by molar-refractivity contribution is 9.10. The molecule has 0 fully saturated rings. The van der Waals surface area contributed by atoms with Gasteiger partial charge in [-0.15, -0.1) is 0 Å². The number of rotatable bonds is 3. The summed E-state index contributed by atoms with van der Waals surface area (Å²) in [5, 5.41) is 9.92. The zero-order valence-electron chi connectivity index (χ0n) is 9.35. The van der Waals surface area contributed by atoms with Gasteiger partial charge >= 0.3 is 5.97 Å². The van der Waals surface area contributed by atoms with Crippen LogP contribution >= 0.6 is 39.1 Å². The Hall–Kier alpha value is -0.510. The molecule has 0 spiro atoms. The number of allylic oxidation sites excluding steroid dienone is 1. The molecule has 1 N–H and O–H groups in total. The lowest BCUT2D eigenvalue weighted by Crippen LogP contribution is -2.01. The summed E-state index contributed by atoms with van der Waals surface area (Å²) in [6.45, 7) is 3.42. The lowest BCUT2D eigenvalue weighted by molar-refractivity contribution is -0.132. The first kappa shape index (κ1) is 14.6. The zero-order chi connectivity index (χ0) is 13.2. The number of hydrogen-bond acceptors (Lipinski definition) is 1. The highest BCUT2D eigenvalue weighted by Crippen LogP contribution is 2.37. The molecule has 0 saturated heterocycles. The van der Waals surface area contributed by atoms with Gasteiger partial charge in [0.05, 0.1) is 10.0 Å². The van der Waals surface area contributed by atoms with Crippen LogP contribution in [0.1, 0.15) is 25.8 Å². The van der Waals surface area contributed by atoms with E-state index in [1.165, 1.54) is 0 Å². The minimum Gasteiger partial charge on any atom is -0.478 e. The van der Waals surface area contributed by atoms with E-state index in [0.29, 0.717) is 27.6 Å². The van der Waals surface area contributed by atoms with E-state index in [4.69, 9.17) is 28.3 Å². The Kier molecular flexibility index (Phi) is 5.04. The quantitative estimate of drug-likeness (QED) is 0.786. The second kappa shape index (κ2) is 5.89. The number of halogens is 3. The lowest BCUT2D eigenvalue weighted by atomic mass is 9.98. The third kappa shape index (κ3) is 3.24. The molecule has 0 amide bonds. The molecule has 5 heteroatoms. The molecular formula is C12H11BrCl2O2. The van der Waals surface area contributed by atoms with Crippen molar-refractivity contribution in [3.63, 3.8) is 0 Å². The standard InChI is InChI=1S/C12H11BrCl2O2/c1-3-8(6(2)12(16)17)11-9(14)4-7(13)5-10(11)15/h4-5H,3H2,1-2H3,(H,16,17)/b8-6+. The van der Waals surface area contributed by atoms with Crippen LogP contribution in [-0.4, -0.2) is 11.1 Å². The first-order valence-corrected chi connectivity index (χ1v) is 6.51. The minimum absolute atomic E-state index is 0.263. The van der Waals surface area contributed by atoms with Gasteiger partial charge in [-0.05, 0) is 31.1 Å². The molecule has 0 saturated carbocycles. The molecule has 0 aliphatic carbocycles. The van der Waals surface area contributed by atoms with E-state index < -0.39 is 5.97 Å². The fraction of sp³-hybridized carbons (Fsp3) is 0.250. The molecule has 0 heterocycles. The average Bonchev–Trinajstić information content (AvgIpc) is 2.21. The second-order valence-corrected chi connectivity index (χ2v) is 5.24. The van der Waals surface area contributed by atoms with Crippen LogP contribution in [0.5, 0.6) is 0 Å². The van der Waals surface area contributed by atoms with E-state index in [0.717, 1.165) is 4.47 Å². The zero-order valence-corrected chi connectivity index (χ0v) is 12.4. The summed E-state index contributed by atoms with van der Waals surface area (Å²) < 4.78 is 0.764. The maximum absolute atomic E-state index is 11.0. The number of carbonyl (C=O) groups is 1. The van der Waals surface area contributed by atoms with E-state index in [2.05, 4.69) is 15.9 Å². The Morgan fingerprint density at radius 1 is 1.35 bits per heavy atom. The Morgan fingerprint density at radius 3 is 2.18 bits per heavy atom. The van der Waals surface area contributed by atoms with Gasteiger partial charge in [0.15, 0.2) is 0 Å². The Balaban J connectivity index is 3.52. The summed E-state index contributed by atoms with van der Waals surface area (Å²) in [5.74, 6) is -0.961. The summed E-state index contributed by atoms with van der Waals surface area (Å²) in [4.78, 5) is 11.0. The number of carboxylic acids is 1. The van der Waals surface area contributed by atoms with Gasteiger partial charge in [-0.2, -0.15) is 0 Å². The Morgan fingerprint density at radius 2 is 1.82 bits per heavy atom. The summed E-state index contributed by atoms with van der Waals surface area (Å²) in [6, 6.07) is 3.40. The molecule has 0 bridgehead atoms. The highest BCUT2D eigenvalue weighted by Gasteiger charge is 2.16. The van der Waals surface area contributed by atoms with Gasteiger partial charge < -0.3 is 5.11 Å². The van der Waals surface area contributed by atoms with Crippen LogP contribution in [0.15, 0.2) is 22.2 Å². The van der Waals surface area contributed by atoms with Crippen LogP contribution in [0.3, 0.4) is 0 Å². The second-order valence-electron chi connectivity index (χ2n) is 3.51. The van der Waals surface area contributed by atoms with E-state index >= 15 is 0 Å². The largest absolute Gasteiger partial charge is 0.478 e. The third-order valence-electron chi connectivity index (χ3n) is 2.44. The molecule has 0 radical (unpaired) electrons. The molecule has 92 valence electrons. The van der Waals surface area contributed by atoms with Crippen molar-refractivity contribution >= 4 is 50.7 Å². The van der Waals surface area contributed by atoms with Gasteiger partial charge in [0.2, 0.25) is 0 Å². The normalized spacial score (nSPS) is 12.3. The number of carboxylic acid groups (broad SMARTS) is 1. The number of aliphatic carboxylic acids is 1. The van der Waals surface area contributed by atoms with E-state index in [1.54, 1.807) is 19.1 Å². The molecule has 1 rings (SSSR count). The van der Waals surface area contributed by atoms with Gasteiger partial charge in [0.25, 0.3) is 0 Å². The fourth-order valence-electron chi connectivity index (χ4n) is 1.59. The van der Waals surface area contributed by atoms with Crippen LogP contribution in [0.2, 0.25) is 10.0 Å². The van der Waals surface area contributed by atoms with Crippen molar-refractivity contribution in [2.75, 3.05) is 0 Å². The summed E-state index contributed by atoms with van der Waals surface area (Å²) in [7, 11) is 0. The van der Waals surface area contributed by atoms with Crippen LogP contribution < -0.4 is 0 Å². The predicted molar refractivity (Wildman–Crippen MR) is 74.7 cm³/mol. The molecule has 0 aliphatic heterocycles. The van der Waals surface area contributed by atoms with E-state index in [9.17, 15) is 4.79 Å². The smallest absolute Gasteiger partial charge is 0.331 e. The molecular weight excluding hydrogens is 327 g/mol. The van der Waals surface area contributed by atoms with Crippen molar-refractivity contribution in [3.8, 4) is 0 Å². The van der Waals surface area contributed by atoms with Gasteiger partial charge in [-0.25, -0.2) is 4.79 Å². The van der Waals surface area contributed by atoms with Crippen molar-refractivity contribution in [2.24, 2.45) is 0 Å². The predicted octanol–water partition coefficient (Wildman–Crippen LogP) is 5.02. The van der Waals surface area contributed by atoms with Gasteiger partial charge in [-0.1, -0.05) is 46.1 Å². The monoisotopic (exact) mass is 336 g/mol. The maximum Gasteiger partial charge on any atom is 0.331 e. The maximum atomic E-state index is 11.0. The third-order valence-corrected chi connectivity index (χ3v) is 3.49. The molecule has 17 heavy (non-hydrogen) atoms. The lowest BCUT2D eigenvalue weighted by Gasteiger charge is -2.12. The van der Waals surface area contributed by atoms with Crippen molar-refractivity contribution in [1.82, 2.24) is 0 Å². The number of benzene rings is 1. The first-order chi connectivity index (χ1) is 7.88. The summed E-state index contributed by atoms with van der Waals surface area (Å²) in [6.07, 6.45) is 0.555. The SMILES string of the molecule is CC/C(=C(/C)C(=O)O)c1c(Cl)cc(Br)cc1Cl. The summed E-state index contributed by atoms with van der Waals surface area (Å²) >= 11 is 15.5. The summed E-state index contributed by atoms with van der Waals surface area (Å²) in [5.41, 5.74) is 1.51. The van der Waals surface area contributed by atoms with E-state index in [-0.39, 0.29) is 5.57 Å². The van der Waals surface area contributed by atoms with Crippen LogP contribution in [0.25, 0.3) is 5.57 Å². The van der Waals surface area contributed by atoms with Crippen LogP contribution in [-0.2, 0) is 4.79 Å². The number of hydrogen-bond donors (Lipinski definition) is 1. The first-order valence-electron chi connectivity index (χ1n) is 4.96. The van der Waals surface area contributed by atoms with Crippen molar-refractivity contribution in [2.45, 2.75) is 20.3 Å². The minimum atomic E-state index is -0.961. The Bertz CT molecular complexity index is 472. The van der Waals surface area contributed by atoms with Crippen LogP contribution in [0.4, 0.5) is 0 Å². The van der Waals surface area contributed by atoms with Gasteiger partial charge in [0, 0.05) is 15.6 Å². The van der Waals surface area contributed by atoms with Crippen LogP contribution in [0, 0.1) is 0 Å². The molecule has 0 aromatic heterocycles. The molecule has 0 aliphatic rings. The van der Waals surface area contributed by atoms with Gasteiger partial charge in [-0.3, -0.25) is 0 Å². The highest BCUT2D eigenvalue weighted by atomic mass is 79.9. The molecule has 2 nitrogen and oxygen atoms in total. The van der Waals surface area contributed by atoms with E-state index in [1.807, 2.05) is 6.92 Å². The van der Waals surface area contributed by atoms with Crippen molar-refractivity contribution in [3.05, 3.63) is 37.8 Å². The molecule has 1 aromatic rings. The molecule has 0 atom stereocenters. The van der Waals surface area contributed by atoms with Crippen molar-refractivity contribution < 1.29 is 9.90 Å². The van der Waals surface area contributed by atoms with Gasteiger partial charge in [0.1, 0.15) is 0 Å². The fourth-order valence-corrected chi connectivity index (χ4v) is 3.03. The average molecular weight is 338 g/mol. The molecule has 1 aromatic carbocycles. The van der Waals surface area contributed by atoms with Crippen molar-refractivity contribution in [1.29, 1.82) is 0 Å². The molecule has 0 unspecified atom stereocenters.